The zero-order valence-electron chi connectivity index (χ0n) is 10.5. The average Bonchev–Trinajstić information content (AvgIpc) is 2.86. The zero-order chi connectivity index (χ0) is 13.9. The Morgan fingerprint density at radius 1 is 1.63 bits per heavy atom. The normalized spacial score (nSPS) is 22.4. The number of para-hydroxylation sites is 1. The molecule has 0 aliphatic carbocycles. The van der Waals surface area contributed by atoms with Gasteiger partial charge in [0.25, 0.3) is 5.69 Å². The number of ether oxygens (including phenoxy) is 2. The molecule has 19 heavy (non-hydrogen) atoms. The smallest absolute Gasteiger partial charge is 0.293 e. The molecule has 0 radical (unpaired) electrons. The molecule has 6 nitrogen and oxygen atoms in total. The lowest BCUT2D eigenvalue weighted by atomic mass is 10.0. The van der Waals surface area contributed by atoms with Crippen molar-refractivity contribution in [3.05, 3.63) is 33.3 Å². The largest absolute Gasteiger partial charge is 0.378 e. The number of halogens is 1. The summed E-state index contributed by atoms with van der Waals surface area (Å²) in [7, 11) is 1.61. The highest BCUT2D eigenvalue weighted by molar-refractivity contribution is 6.33. The van der Waals surface area contributed by atoms with Gasteiger partial charge in [-0.1, -0.05) is 17.7 Å². The second kappa shape index (κ2) is 5.73. The van der Waals surface area contributed by atoms with E-state index < -0.39 is 10.5 Å². The number of anilines is 1. The van der Waals surface area contributed by atoms with E-state index >= 15 is 0 Å². The van der Waals surface area contributed by atoms with Crippen LogP contribution in [0.25, 0.3) is 0 Å². The van der Waals surface area contributed by atoms with E-state index in [1.807, 2.05) is 0 Å². The SMILES string of the molecule is COC1(CNc2c(Cl)cccc2[N+](=O)[O-])CCOC1. The maximum absolute atomic E-state index is 11.0. The second-order valence-corrected chi connectivity index (χ2v) is 4.84. The van der Waals surface area contributed by atoms with Crippen LogP contribution < -0.4 is 5.32 Å². The lowest BCUT2D eigenvalue weighted by Gasteiger charge is -2.26. The maximum atomic E-state index is 11.0. The molecule has 1 fully saturated rings. The Hall–Kier alpha value is -1.37. The first kappa shape index (κ1) is 14.0. The third-order valence-electron chi connectivity index (χ3n) is 3.28. The summed E-state index contributed by atoms with van der Waals surface area (Å²) in [6.45, 7) is 1.50. The Balaban J connectivity index is 2.17. The first-order chi connectivity index (χ1) is 9.08. The summed E-state index contributed by atoms with van der Waals surface area (Å²) >= 11 is 6.01. The van der Waals surface area contributed by atoms with E-state index in [1.165, 1.54) is 6.07 Å². The minimum Gasteiger partial charge on any atom is -0.378 e. The van der Waals surface area contributed by atoms with Gasteiger partial charge in [0.2, 0.25) is 0 Å². The summed E-state index contributed by atoms with van der Waals surface area (Å²) in [6, 6.07) is 4.58. The predicted octanol–water partition coefficient (Wildman–Crippen LogP) is 2.47. The minimum atomic E-state index is -0.459. The van der Waals surface area contributed by atoms with Crippen molar-refractivity contribution < 1.29 is 14.4 Å². The van der Waals surface area contributed by atoms with Crippen LogP contribution in [0.3, 0.4) is 0 Å². The van der Waals surface area contributed by atoms with Gasteiger partial charge in [0.05, 0.1) is 16.6 Å². The fraction of sp³-hybridized carbons (Fsp3) is 0.500. The first-order valence-electron chi connectivity index (χ1n) is 5.88. The van der Waals surface area contributed by atoms with Crippen LogP contribution in [-0.4, -0.2) is 37.4 Å². The summed E-state index contributed by atoms with van der Waals surface area (Å²) in [5.74, 6) is 0. The van der Waals surface area contributed by atoms with Crippen molar-refractivity contribution in [2.75, 3.05) is 32.2 Å². The summed E-state index contributed by atoms with van der Waals surface area (Å²) in [5, 5.41) is 14.3. The number of hydrogen-bond acceptors (Lipinski definition) is 5. The van der Waals surface area contributed by atoms with Crippen molar-refractivity contribution in [1.29, 1.82) is 0 Å². The van der Waals surface area contributed by atoms with Crippen LogP contribution in [0.15, 0.2) is 18.2 Å². The lowest BCUT2D eigenvalue weighted by Crippen LogP contribution is -2.39. The van der Waals surface area contributed by atoms with E-state index in [1.54, 1.807) is 19.2 Å². The molecule has 1 atom stereocenters. The molecule has 0 spiro atoms. The third kappa shape index (κ3) is 2.97. The molecule has 104 valence electrons. The van der Waals surface area contributed by atoms with E-state index in [9.17, 15) is 10.1 Å². The molecule has 7 heteroatoms. The molecule has 0 amide bonds. The fourth-order valence-electron chi connectivity index (χ4n) is 2.05. The van der Waals surface area contributed by atoms with Crippen molar-refractivity contribution in [3.63, 3.8) is 0 Å². The Kier molecular flexibility index (Phi) is 4.24. The van der Waals surface area contributed by atoms with Crippen molar-refractivity contribution in [2.45, 2.75) is 12.0 Å². The molecule has 0 aromatic heterocycles. The molecule has 1 aromatic carbocycles. The van der Waals surface area contributed by atoms with Crippen molar-refractivity contribution in [1.82, 2.24) is 0 Å². The lowest BCUT2D eigenvalue weighted by molar-refractivity contribution is -0.384. The average molecular weight is 287 g/mol. The Bertz CT molecular complexity index is 475. The number of hydrogen-bond donors (Lipinski definition) is 1. The van der Waals surface area contributed by atoms with Crippen molar-refractivity contribution in [2.24, 2.45) is 0 Å². The number of nitrogens with zero attached hydrogens (tertiary/aromatic N) is 1. The fourth-order valence-corrected chi connectivity index (χ4v) is 2.29. The van der Waals surface area contributed by atoms with Crippen LogP contribution in [0.1, 0.15) is 6.42 Å². The van der Waals surface area contributed by atoms with E-state index in [2.05, 4.69) is 5.32 Å². The molecule has 1 heterocycles. The molecule has 2 rings (SSSR count). The van der Waals surface area contributed by atoms with Gasteiger partial charge >= 0.3 is 0 Å². The van der Waals surface area contributed by atoms with Crippen LogP contribution in [0.5, 0.6) is 0 Å². The maximum Gasteiger partial charge on any atom is 0.293 e. The van der Waals surface area contributed by atoms with Crippen LogP contribution in [0.2, 0.25) is 5.02 Å². The molecule has 1 unspecified atom stereocenters. The van der Waals surface area contributed by atoms with E-state index in [-0.39, 0.29) is 5.69 Å². The van der Waals surface area contributed by atoms with Crippen LogP contribution in [0.4, 0.5) is 11.4 Å². The van der Waals surface area contributed by atoms with Gasteiger partial charge in [-0.2, -0.15) is 0 Å². The van der Waals surface area contributed by atoms with E-state index in [0.717, 1.165) is 6.42 Å². The Morgan fingerprint density at radius 3 is 3.00 bits per heavy atom. The van der Waals surface area contributed by atoms with Gasteiger partial charge < -0.3 is 14.8 Å². The zero-order valence-corrected chi connectivity index (χ0v) is 11.3. The van der Waals surface area contributed by atoms with Gasteiger partial charge in [0.15, 0.2) is 0 Å². The monoisotopic (exact) mass is 286 g/mol. The Morgan fingerprint density at radius 2 is 2.42 bits per heavy atom. The standard InChI is InChI=1S/C12H15ClN2O4/c1-18-12(5-6-19-8-12)7-14-11-9(13)3-2-4-10(11)15(16)17/h2-4,14H,5-8H2,1H3. The van der Waals surface area contributed by atoms with E-state index in [4.69, 9.17) is 21.1 Å². The predicted molar refractivity (Wildman–Crippen MR) is 71.8 cm³/mol. The minimum absolute atomic E-state index is 0.0438. The van der Waals surface area contributed by atoms with Gasteiger partial charge in [-0.05, 0) is 6.07 Å². The first-order valence-corrected chi connectivity index (χ1v) is 6.25. The number of nitro benzene ring substituents is 1. The third-order valence-corrected chi connectivity index (χ3v) is 3.59. The van der Waals surface area contributed by atoms with Crippen LogP contribution in [0, 0.1) is 10.1 Å². The van der Waals surface area contributed by atoms with E-state index in [0.29, 0.717) is 30.5 Å². The van der Waals surface area contributed by atoms with Gasteiger partial charge in [-0.25, -0.2) is 0 Å². The molecular weight excluding hydrogens is 272 g/mol. The van der Waals surface area contributed by atoms with Gasteiger partial charge in [0.1, 0.15) is 11.3 Å². The highest BCUT2D eigenvalue weighted by Gasteiger charge is 2.35. The number of rotatable bonds is 5. The number of nitrogens with one attached hydrogen (secondary N) is 1. The highest BCUT2D eigenvalue weighted by Crippen LogP contribution is 2.33. The molecule has 1 saturated heterocycles. The quantitative estimate of drug-likeness (QED) is 0.665. The molecule has 1 aliphatic heterocycles. The topological polar surface area (TPSA) is 73.6 Å². The molecule has 0 saturated carbocycles. The Labute approximate surface area is 115 Å². The molecular formula is C12H15ClN2O4. The summed E-state index contributed by atoms with van der Waals surface area (Å²) < 4.78 is 10.8. The number of methoxy groups -OCH3 is 1. The van der Waals surface area contributed by atoms with Crippen molar-refractivity contribution in [3.8, 4) is 0 Å². The molecule has 0 bridgehead atoms. The second-order valence-electron chi connectivity index (χ2n) is 4.43. The summed E-state index contributed by atoms with van der Waals surface area (Å²) in [5.41, 5.74) is -0.178. The molecule has 1 aliphatic rings. The summed E-state index contributed by atoms with van der Waals surface area (Å²) in [6.07, 6.45) is 0.745. The number of nitro groups is 1. The number of benzene rings is 1. The molecule has 1 aromatic rings. The highest BCUT2D eigenvalue weighted by atomic mass is 35.5. The van der Waals surface area contributed by atoms with Gasteiger partial charge in [-0.15, -0.1) is 0 Å². The molecule has 1 N–H and O–H groups in total. The van der Waals surface area contributed by atoms with Crippen molar-refractivity contribution >= 4 is 23.0 Å². The van der Waals surface area contributed by atoms with Crippen LogP contribution in [-0.2, 0) is 9.47 Å². The van der Waals surface area contributed by atoms with Gasteiger partial charge in [-0.3, -0.25) is 10.1 Å². The summed E-state index contributed by atoms with van der Waals surface area (Å²) in [4.78, 5) is 10.5. The van der Waals surface area contributed by atoms with Gasteiger partial charge in [0, 0.05) is 32.7 Å². The van der Waals surface area contributed by atoms with Crippen LogP contribution >= 0.6 is 11.6 Å².